The molecule has 0 saturated heterocycles. The van der Waals surface area contributed by atoms with E-state index in [1.165, 1.54) is 17.8 Å². The van der Waals surface area contributed by atoms with Gasteiger partial charge >= 0.3 is 6.03 Å². The van der Waals surface area contributed by atoms with Gasteiger partial charge in [-0.1, -0.05) is 20.8 Å². The molecule has 1 aromatic carbocycles. The Kier molecular flexibility index (Phi) is 5.70. The highest BCUT2D eigenvalue weighted by Crippen LogP contribution is 2.29. The summed E-state index contributed by atoms with van der Waals surface area (Å²) < 4.78 is 28.3. The fraction of sp³-hybridized carbons (Fsp3) is 0.450. The predicted molar refractivity (Wildman–Crippen MR) is 104 cm³/mol. The lowest BCUT2D eigenvalue weighted by molar-refractivity contribution is -0.124. The first-order valence-corrected chi connectivity index (χ1v) is 9.43. The molecule has 1 aromatic heterocycles. The van der Waals surface area contributed by atoms with E-state index in [2.05, 4.69) is 21.0 Å². The van der Waals surface area contributed by atoms with Gasteiger partial charge in [-0.05, 0) is 23.6 Å². The molecule has 0 radical (unpaired) electrons. The smallest absolute Gasteiger partial charge is 0.343 e. The molecule has 2 heterocycles. The van der Waals surface area contributed by atoms with E-state index in [1.54, 1.807) is 0 Å². The van der Waals surface area contributed by atoms with Gasteiger partial charge in [-0.15, -0.1) is 0 Å². The van der Waals surface area contributed by atoms with Gasteiger partial charge in [0.25, 0.3) is 0 Å². The molecule has 3 rings (SSSR count). The highest BCUT2D eigenvalue weighted by atomic mass is 19.2. The van der Waals surface area contributed by atoms with Crippen molar-refractivity contribution >= 4 is 11.9 Å². The van der Waals surface area contributed by atoms with Crippen molar-refractivity contribution in [3.05, 3.63) is 41.1 Å². The van der Waals surface area contributed by atoms with Crippen molar-refractivity contribution in [2.24, 2.45) is 5.41 Å². The van der Waals surface area contributed by atoms with Crippen molar-refractivity contribution in [3.8, 4) is 11.3 Å². The molecule has 0 spiro atoms. The number of hydrogen-bond donors (Lipinski definition) is 3. The summed E-state index contributed by atoms with van der Waals surface area (Å²) in [6.45, 7) is 6.66. The summed E-state index contributed by atoms with van der Waals surface area (Å²) in [5, 5.41) is 12.9. The van der Waals surface area contributed by atoms with Crippen LogP contribution in [-0.2, 0) is 17.8 Å². The molecule has 0 bridgehead atoms. The SMILES string of the molecule is CNC(=O)[C@@H](NC(=O)n1nc(-c2ccc(F)c(F)c2)c2c1CCNC2)C(C)(C)C. The topological polar surface area (TPSA) is 88.1 Å². The lowest BCUT2D eigenvalue weighted by atomic mass is 9.86. The Morgan fingerprint density at radius 3 is 2.59 bits per heavy atom. The van der Waals surface area contributed by atoms with Crippen LogP contribution in [0.3, 0.4) is 0 Å². The Bertz CT molecular complexity index is 949. The first kappa shape index (κ1) is 20.9. The number of carbonyl (C=O) groups is 2. The van der Waals surface area contributed by atoms with E-state index in [4.69, 9.17) is 0 Å². The number of carbonyl (C=O) groups excluding carboxylic acids is 2. The van der Waals surface area contributed by atoms with Crippen LogP contribution in [-0.4, -0.2) is 41.4 Å². The second-order valence-electron chi connectivity index (χ2n) is 8.10. The average Bonchev–Trinajstić information content (AvgIpc) is 3.06. The third-order valence-corrected chi connectivity index (χ3v) is 4.96. The van der Waals surface area contributed by atoms with E-state index in [9.17, 15) is 18.4 Å². The number of benzene rings is 1. The normalized spacial score (nSPS) is 14.8. The number of likely N-dealkylation sites (N-methyl/N-ethyl adjacent to an activating group) is 1. The van der Waals surface area contributed by atoms with Crippen LogP contribution in [0.2, 0.25) is 0 Å². The maximum Gasteiger partial charge on any atom is 0.343 e. The summed E-state index contributed by atoms with van der Waals surface area (Å²) in [4.78, 5) is 25.3. The molecule has 0 fully saturated rings. The van der Waals surface area contributed by atoms with E-state index < -0.39 is 29.1 Å². The Morgan fingerprint density at radius 1 is 1.24 bits per heavy atom. The molecule has 1 aliphatic rings. The molecular weight excluding hydrogens is 380 g/mol. The lowest BCUT2D eigenvalue weighted by Gasteiger charge is -2.29. The third-order valence-electron chi connectivity index (χ3n) is 4.96. The van der Waals surface area contributed by atoms with Gasteiger partial charge in [-0.25, -0.2) is 13.6 Å². The lowest BCUT2D eigenvalue weighted by Crippen LogP contribution is -2.54. The fourth-order valence-electron chi connectivity index (χ4n) is 3.40. The van der Waals surface area contributed by atoms with Crippen molar-refractivity contribution < 1.29 is 18.4 Å². The van der Waals surface area contributed by atoms with Crippen molar-refractivity contribution in [3.63, 3.8) is 0 Å². The van der Waals surface area contributed by atoms with Crippen LogP contribution in [0.5, 0.6) is 0 Å². The zero-order valence-electron chi connectivity index (χ0n) is 16.9. The van der Waals surface area contributed by atoms with Crippen LogP contribution in [0.15, 0.2) is 18.2 Å². The number of aromatic nitrogens is 2. The van der Waals surface area contributed by atoms with Crippen LogP contribution in [0.25, 0.3) is 11.3 Å². The number of nitrogens with zero attached hydrogens (tertiary/aromatic N) is 2. The van der Waals surface area contributed by atoms with Crippen LogP contribution in [0, 0.1) is 17.0 Å². The summed E-state index contributed by atoms with van der Waals surface area (Å²) in [6, 6.07) is 2.22. The summed E-state index contributed by atoms with van der Waals surface area (Å²) in [5.74, 6) is -2.24. The maximum absolute atomic E-state index is 13.7. The molecule has 2 aromatic rings. The molecule has 1 atom stereocenters. The molecule has 29 heavy (non-hydrogen) atoms. The molecule has 0 aliphatic carbocycles. The number of halogens is 2. The Labute approximate surface area is 167 Å². The molecule has 7 nitrogen and oxygen atoms in total. The molecule has 2 amide bonds. The highest BCUT2D eigenvalue weighted by molar-refractivity contribution is 5.88. The second kappa shape index (κ2) is 7.90. The molecular formula is C20H25F2N5O2. The number of amides is 2. The van der Waals surface area contributed by atoms with E-state index >= 15 is 0 Å². The molecule has 0 saturated carbocycles. The average molecular weight is 405 g/mol. The van der Waals surface area contributed by atoms with Gasteiger partial charge < -0.3 is 16.0 Å². The highest BCUT2D eigenvalue weighted by Gasteiger charge is 2.34. The van der Waals surface area contributed by atoms with Gasteiger partial charge in [0.05, 0.1) is 11.4 Å². The first-order valence-electron chi connectivity index (χ1n) is 9.43. The van der Waals surface area contributed by atoms with Gasteiger partial charge in [0.1, 0.15) is 6.04 Å². The molecule has 1 aliphatic heterocycles. The van der Waals surface area contributed by atoms with Crippen molar-refractivity contribution in [1.29, 1.82) is 0 Å². The Balaban J connectivity index is 2.01. The third kappa shape index (κ3) is 4.14. The molecule has 0 unspecified atom stereocenters. The molecule has 156 valence electrons. The van der Waals surface area contributed by atoms with Crippen molar-refractivity contribution in [2.75, 3.05) is 13.6 Å². The van der Waals surface area contributed by atoms with Crippen LogP contribution >= 0.6 is 0 Å². The standard InChI is InChI=1S/C20H25F2N5O2/c1-20(2,3)17(18(28)23-4)25-19(29)27-15-7-8-24-10-12(15)16(26-27)11-5-6-13(21)14(22)9-11/h5-6,9,17,24H,7-8,10H2,1-4H3,(H,23,28)(H,25,29)/t17-/m1/s1. The fourth-order valence-corrected chi connectivity index (χ4v) is 3.40. The van der Waals surface area contributed by atoms with E-state index in [-0.39, 0.29) is 5.91 Å². The van der Waals surface area contributed by atoms with Gasteiger partial charge in [0, 0.05) is 37.7 Å². The van der Waals surface area contributed by atoms with Crippen molar-refractivity contribution in [2.45, 2.75) is 39.8 Å². The number of hydrogen-bond acceptors (Lipinski definition) is 4. The van der Waals surface area contributed by atoms with E-state index in [0.29, 0.717) is 36.5 Å². The van der Waals surface area contributed by atoms with Gasteiger partial charge in [0.2, 0.25) is 5.91 Å². The van der Waals surface area contributed by atoms with Crippen LogP contribution in [0.1, 0.15) is 32.0 Å². The van der Waals surface area contributed by atoms with Crippen LogP contribution < -0.4 is 16.0 Å². The molecule has 3 N–H and O–H groups in total. The number of fused-ring (bicyclic) bond motifs is 1. The zero-order valence-corrected chi connectivity index (χ0v) is 16.9. The summed E-state index contributed by atoms with van der Waals surface area (Å²) in [6.07, 6.45) is 0.541. The Hall–Kier alpha value is -2.81. The van der Waals surface area contributed by atoms with Gasteiger partial charge in [-0.2, -0.15) is 9.78 Å². The minimum absolute atomic E-state index is 0.311. The minimum atomic E-state index is -0.980. The van der Waals surface area contributed by atoms with Crippen LogP contribution in [0.4, 0.5) is 13.6 Å². The first-order chi connectivity index (χ1) is 13.6. The number of nitrogens with one attached hydrogen (secondary N) is 3. The van der Waals surface area contributed by atoms with Crippen molar-refractivity contribution in [1.82, 2.24) is 25.7 Å². The largest absolute Gasteiger partial charge is 0.357 e. The van der Waals surface area contributed by atoms with E-state index in [1.807, 2.05) is 20.8 Å². The minimum Gasteiger partial charge on any atom is -0.357 e. The van der Waals surface area contributed by atoms with E-state index in [0.717, 1.165) is 17.7 Å². The molecule has 9 heteroatoms. The number of rotatable bonds is 3. The summed E-state index contributed by atoms with van der Waals surface area (Å²) in [5.41, 5.74) is 1.71. The summed E-state index contributed by atoms with van der Waals surface area (Å²) in [7, 11) is 1.51. The van der Waals surface area contributed by atoms with Gasteiger partial charge in [-0.3, -0.25) is 4.79 Å². The monoisotopic (exact) mass is 405 g/mol. The predicted octanol–water partition coefficient (Wildman–Crippen LogP) is 2.19. The van der Waals surface area contributed by atoms with Gasteiger partial charge in [0.15, 0.2) is 11.6 Å². The summed E-state index contributed by atoms with van der Waals surface area (Å²) >= 11 is 0. The second-order valence-corrected chi connectivity index (χ2v) is 8.10. The maximum atomic E-state index is 13.7. The quantitative estimate of drug-likeness (QED) is 0.731. The Morgan fingerprint density at radius 2 is 1.97 bits per heavy atom. The zero-order chi connectivity index (χ0) is 21.3.